The molecule has 35 heavy (non-hydrogen) atoms. The van der Waals surface area contributed by atoms with E-state index < -0.39 is 16.1 Å². The molecule has 0 aliphatic carbocycles. The quantitative estimate of drug-likeness (QED) is 0.479. The Labute approximate surface area is 213 Å². The fraction of sp³-hybridized carbons (Fsp3) is 0.231. The van der Waals surface area contributed by atoms with E-state index in [4.69, 9.17) is 0 Å². The van der Waals surface area contributed by atoms with Crippen LogP contribution in [-0.2, 0) is 14.8 Å². The van der Waals surface area contributed by atoms with E-state index in [9.17, 15) is 18.0 Å². The summed E-state index contributed by atoms with van der Waals surface area (Å²) in [5.74, 6) is -0.672. The van der Waals surface area contributed by atoms with E-state index in [1.807, 2.05) is 48.5 Å². The fourth-order valence-electron chi connectivity index (χ4n) is 4.31. The van der Waals surface area contributed by atoms with Gasteiger partial charge in [0, 0.05) is 34.4 Å². The van der Waals surface area contributed by atoms with Crippen molar-refractivity contribution in [2.24, 2.45) is 0 Å². The van der Waals surface area contributed by atoms with Crippen LogP contribution >= 0.6 is 15.9 Å². The monoisotopic (exact) mass is 555 g/mol. The molecule has 0 bridgehead atoms. The van der Waals surface area contributed by atoms with Gasteiger partial charge in [-0.3, -0.25) is 9.59 Å². The number of hydrogen-bond acceptors (Lipinski definition) is 4. The number of carbonyl (C=O) groups is 2. The minimum Gasteiger partial charge on any atom is -0.324 e. The molecule has 1 heterocycles. The average Bonchev–Trinajstić information content (AvgIpc) is 3.00. The first-order chi connectivity index (χ1) is 16.8. The normalized spacial score (nSPS) is 15.9. The number of nitrogens with one attached hydrogen (secondary N) is 1. The molecule has 4 rings (SSSR count). The van der Waals surface area contributed by atoms with Crippen molar-refractivity contribution in [2.45, 2.75) is 24.8 Å². The molecule has 2 amide bonds. The summed E-state index contributed by atoms with van der Waals surface area (Å²) in [6.45, 7) is 4.13. The Kier molecular flexibility index (Phi) is 7.39. The van der Waals surface area contributed by atoms with Crippen LogP contribution in [0.25, 0.3) is 0 Å². The van der Waals surface area contributed by atoms with Gasteiger partial charge >= 0.3 is 0 Å². The van der Waals surface area contributed by atoms with Gasteiger partial charge in [0.2, 0.25) is 15.9 Å². The Morgan fingerprint density at radius 1 is 1.03 bits per heavy atom. The van der Waals surface area contributed by atoms with E-state index in [1.165, 1.54) is 33.5 Å². The van der Waals surface area contributed by atoms with Crippen molar-refractivity contribution < 1.29 is 18.0 Å². The molecule has 1 aliphatic rings. The molecular weight excluding hydrogens is 530 g/mol. The van der Waals surface area contributed by atoms with Crippen molar-refractivity contribution in [3.8, 4) is 0 Å². The van der Waals surface area contributed by atoms with Crippen LogP contribution < -0.4 is 5.32 Å². The van der Waals surface area contributed by atoms with Crippen molar-refractivity contribution in [2.75, 3.05) is 25.0 Å². The lowest BCUT2D eigenvalue weighted by Gasteiger charge is -2.31. The van der Waals surface area contributed by atoms with Gasteiger partial charge in [-0.1, -0.05) is 60.1 Å². The molecule has 1 N–H and O–H groups in total. The number of rotatable bonds is 6. The predicted octanol–water partition coefficient (Wildman–Crippen LogP) is 4.66. The highest BCUT2D eigenvalue weighted by molar-refractivity contribution is 9.10. The molecule has 9 heteroatoms. The fourth-order valence-corrected chi connectivity index (χ4v) is 6.15. The van der Waals surface area contributed by atoms with E-state index >= 15 is 0 Å². The molecule has 3 aromatic rings. The van der Waals surface area contributed by atoms with Gasteiger partial charge in [0.1, 0.15) is 6.54 Å². The molecule has 0 spiro atoms. The standard InChI is InChI=1S/C26H26BrN3O4S/c1-3-29(4-2)35(33,34)21-13-10-19(11-14-21)26(32)30-17-24(31)28-23-15-12-20(27)16-22(23)25(30)18-8-6-5-7-9-18/h5-16,25H,3-4,17H2,1-2H3,(H,28,31)/t25-/m0/s1. The van der Waals surface area contributed by atoms with Gasteiger partial charge in [0.25, 0.3) is 5.91 Å². The summed E-state index contributed by atoms with van der Waals surface area (Å²) in [5, 5.41) is 2.90. The number of nitrogens with zero attached hydrogens (tertiary/aromatic N) is 2. The van der Waals surface area contributed by atoms with E-state index in [-0.39, 0.29) is 23.3 Å². The highest BCUT2D eigenvalue weighted by atomic mass is 79.9. The van der Waals surface area contributed by atoms with Gasteiger partial charge in [-0.2, -0.15) is 4.31 Å². The summed E-state index contributed by atoms with van der Waals surface area (Å²) < 4.78 is 27.9. The molecule has 0 radical (unpaired) electrons. The predicted molar refractivity (Wildman–Crippen MR) is 139 cm³/mol. The van der Waals surface area contributed by atoms with Gasteiger partial charge in [-0.25, -0.2) is 8.42 Å². The zero-order valence-electron chi connectivity index (χ0n) is 19.4. The molecule has 0 saturated carbocycles. The number of carbonyl (C=O) groups excluding carboxylic acids is 2. The maximum Gasteiger partial charge on any atom is 0.255 e. The van der Waals surface area contributed by atoms with E-state index in [0.29, 0.717) is 24.3 Å². The SMILES string of the molecule is CCN(CC)S(=O)(=O)c1ccc(C(=O)N2CC(=O)Nc3ccc(Br)cc3[C@@H]2c2ccccc2)cc1. The summed E-state index contributed by atoms with van der Waals surface area (Å²) >= 11 is 3.51. The molecule has 0 aromatic heterocycles. The molecule has 0 unspecified atom stereocenters. The minimum absolute atomic E-state index is 0.125. The third-order valence-electron chi connectivity index (χ3n) is 6.03. The first-order valence-electron chi connectivity index (χ1n) is 11.3. The maximum absolute atomic E-state index is 13.8. The van der Waals surface area contributed by atoms with Crippen LogP contribution in [0.15, 0.2) is 82.2 Å². The van der Waals surface area contributed by atoms with Gasteiger partial charge in [0.05, 0.1) is 10.9 Å². The zero-order chi connectivity index (χ0) is 25.2. The van der Waals surface area contributed by atoms with Crippen LogP contribution in [0.5, 0.6) is 0 Å². The van der Waals surface area contributed by atoms with E-state index in [1.54, 1.807) is 13.8 Å². The van der Waals surface area contributed by atoms with Crippen molar-refractivity contribution in [1.82, 2.24) is 9.21 Å². The second-order valence-electron chi connectivity index (χ2n) is 8.14. The van der Waals surface area contributed by atoms with E-state index in [0.717, 1.165) is 15.6 Å². The summed E-state index contributed by atoms with van der Waals surface area (Å²) in [4.78, 5) is 28.2. The van der Waals surface area contributed by atoms with Gasteiger partial charge in [-0.15, -0.1) is 0 Å². The van der Waals surface area contributed by atoms with Crippen LogP contribution in [0.3, 0.4) is 0 Å². The lowest BCUT2D eigenvalue weighted by Crippen LogP contribution is -2.39. The minimum atomic E-state index is -3.64. The number of anilines is 1. The van der Waals surface area contributed by atoms with E-state index in [2.05, 4.69) is 21.2 Å². The lowest BCUT2D eigenvalue weighted by molar-refractivity contribution is -0.117. The number of fused-ring (bicyclic) bond motifs is 1. The number of amides is 2. The molecule has 3 aromatic carbocycles. The highest BCUT2D eigenvalue weighted by Crippen LogP contribution is 2.38. The average molecular weight is 556 g/mol. The highest BCUT2D eigenvalue weighted by Gasteiger charge is 2.34. The van der Waals surface area contributed by atoms with Crippen molar-refractivity contribution >= 4 is 43.5 Å². The van der Waals surface area contributed by atoms with Crippen LogP contribution in [0, 0.1) is 0 Å². The molecule has 182 valence electrons. The summed E-state index contributed by atoms with van der Waals surface area (Å²) in [7, 11) is -3.64. The third kappa shape index (κ3) is 5.03. The zero-order valence-corrected chi connectivity index (χ0v) is 21.8. The van der Waals surface area contributed by atoms with Crippen LogP contribution in [0.1, 0.15) is 41.4 Å². The lowest BCUT2D eigenvalue weighted by atomic mass is 9.95. The second-order valence-corrected chi connectivity index (χ2v) is 11.0. The largest absolute Gasteiger partial charge is 0.324 e. The van der Waals surface area contributed by atoms with Crippen LogP contribution in [0.4, 0.5) is 5.69 Å². The Morgan fingerprint density at radius 3 is 2.31 bits per heavy atom. The van der Waals surface area contributed by atoms with Gasteiger partial charge in [-0.05, 0) is 48.0 Å². The first kappa shape index (κ1) is 25.1. The van der Waals surface area contributed by atoms with Crippen molar-refractivity contribution in [3.63, 3.8) is 0 Å². The summed E-state index contributed by atoms with van der Waals surface area (Å²) in [6, 6.07) is 20.5. The molecule has 7 nitrogen and oxygen atoms in total. The van der Waals surface area contributed by atoms with Crippen molar-refractivity contribution in [3.05, 3.63) is 94.0 Å². The molecule has 0 saturated heterocycles. The third-order valence-corrected chi connectivity index (χ3v) is 8.59. The second kappa shape index (κ2) is 10.3. The molecule has 1 atom stereocenters. The number of hydrogen-bond donors (Lipinski definition) is 1. The van der Waals surface area contributed by atoms with Gasteiger partial charge < -0.3 is 10.2 Å². The van der Waals surface area contributed by atoms with Crippen LogP contribution in [-0.4, -0.2) is 49.1 Å². The Morgan fingerprint density at radius 2 is 1.69 bits per heavy atom. The number of benzene rings is 3. The summed E-state index contributed by atoms with van der Waals surface area (Å²) in [6.07, 6.45) is 0. The smallest absolute Gasteiger partial charge is 0.255 e. The van der Waals surface area contributed by atoms with Crippen molar-refractivity contribution in [1.29, 1.82) is 0 Å². The number of sulfonamides is 1. The molecular formula is C26H26BrN3O4S. The Balaban J connectivity index is 1.77. The Bertz CT molecular complexity index is 1340. The van der Waals surface area contributed by atoms with Crippen LogP contribution in [0.2, 0.25) is 0 Å². The first-order valence-corrected chi connectivity index (χ1v) is 13.5. The Hall–Kier alpha value is -3.01. The molecule has 1 aliphatic heterocycles. The maximum atomic E-state index is 13.8. The molecule has 0 fully saturated rings. The summed E-state index contributed by atoms with van der Waals surface area (Å²) in [5.41, 5.74) is 2.58. The van der Waals surface area contributed by atoms with Gasteiger partial charge in [0.15, 0.2) is 0 Å². The topological polar surface area (TPSA) is 86.8 Å². The number of halogens is 1.